The number of benzene rings is 1. The molecule has 0 aromatic heterocycles. The molecule has 2 N–H and O–H groups in total. The average molecular weight is 350 g/mol. The minimum Gasteiger partial charge on any atom is -0.344 e. The molecule has 1 aromatic carbocycles. The van der Waals surface area contributed by atoms with Gasteiger partial charge in [-0.1, -0.05) is 18.2 Å². The van der Waals surface area contributed by atoms with Crippen LogP contribution in [0.5, 0.6) is 0 Å². The van der Waals surface area contributed by atoms with E-state index in [1.807, 2.05) is 30.3 Å². The maximum Gasteiger partial charge on any atom is 0.249 e. The fraction of sp³-hybridized carbons (Fsp3) is 0.556. The molecule has 2 aliphatic heterocycles. The van der Waals surface area contributed by atoms with Gasteiger partial charge in [0.2, 0.25) is 11.8 Å². The molecule has 0 bridgehead atoms. The first kappa shape index (κ1) is 17.2. The molecule has 2 amide bonds. The summed E-state index contributed by atoms with van der Waals surface area (Å²) in [6.45, 7) is 2.69. The molecule has 2 heterocycles. The summed E-state index contributed by atoms with van der Waals surface area (Å²) in [5.74, 6) is 0.216. The molecule has 1 spiro atoms. The van der Waals surface area contributed by atoms with Crippen molar-refractivity contribution in [2.45, 2.75) is 31.7 Å². The Balaban J connectivity index is 0.00000169. The normalized spacial score (nSPS) is 27.7. The third-order valence-electron chi connectivity index (χ3n) is 5.70. The number of nitrogens with zero attached hydrogens (tertiary/aromatic N) is 1. The fourth-order valence-electron chi connectivity index (χ4n) is 4.15. The number of hydrogen-bond acceptors (Lipinski definition) is 3. The third kappa shape index (κ3) is 3.03. The van der Waals surface area contributed by atoms with E-state index < -0.39 is 0 Å². The molecule has 1 aliphatic carbocycles. The molecular weight excluding hydrogens is 326 g/mol. The molecular formula is C18H24ClN3O2. The maximum atomic E-state index is 12.6. The van der Waals surface area contributed by atoms with Gasteiger partial charge < -0.3 is 15.5 Å². The molecule has 2 atom stereocenters. The first-order chi connectivity index (χ1) is 11.2. The minimum absolute atomic E-state index is 0. The van der Waals surface area contributed by atoms with Gasteiger partial charge in [-0.05, 0) is 56.3 Å². The molecule has 6 heteroatoms. The third-order valence-corrected chi connectivity index (χ3v) is 5.70. The van der Waals surface area contributed by atoms with Crippen LogP contribution in [-0.2, 0) is 9.59 Å². The van der Waals surface area contributed by atoms with Crippen LogP contribution in [0.25, 0.3) is 0 Å². The van der Waals surface area contributed by atoms with Crippen molar-refractivity contribution >= 4 is 29.9 Å². The summed E-state index contributed by atoms with van der Waals surface area (Å²) in [7, 11) is 0. The van der Waals surface area contributed by atoms with Crippen molar-refractivity contribution in [2.75, 3.05) is 24.5 Å². The van der Waals surface area contributed by atoms with Gasteiger partial charge in [-0.3, -0.25) is 9.59 Å². The Morgan fingerprint density at radius 3 is 2.62 bits per heavy atom. The molecule has 3 fully saturated rings. The highest BCUT2D eigenvalue weighted by Gasteiger charge is 2.58. The van der Waals surface area contributed by atoms with Crippen LogP contribution in [0.1, 0.15) is 25.7 Å². The molecule has 1 saturated carbocycles. The van der Waals surface area contributed by atoms with Gasteiger partial charge in [-0.15, -0.1) is 12.4 Å². The van der Waals surface area contributed by atoms with Crippen LogP contribution in [0.2, 0.25) is 0 Å². The van der Waals surface area contributed by atoms with E-state index in [2.05, 4.69) is 10.6 Å². The zero-order valence-corrected chi connectivity index (χ0v) is 14.5. The van der Waals surface area contributed by atoms with Crippen molar-refractivity contribution in [1.82, 2.24) is 10.6 Å². The molecule has 24 heavy (non-hydrogen) atoms. The van der Waals surface area contributed by atoms with Crippen molar-refractivity contribution in [3.8, 4) is 0 Å². The van der Waals surface area contributed by atoms with Crippen LogP contribution in [0.4, 0.5) is 5.69 Å². The highest BCUT2D eigenvalue weighted by atomic mass is 35.5. The number of amides is 2. The summed E-state index contributed by atoms with van der Waals surface area (Å²) in [5.41, 5.74) is 1.13. The summed E-state index contributed by atoms with van der Waals surface area (Å²) >= 11 is 0. The molecule has 2 unspecified atom stereocenters. The number of nitrogens with one attached hydrogen (secondary N) is 2. The van der Waals surface area contributed by atoms with Gasteiger partial charge in [-0.2, -0.15) is 0 Å². The number of anilines is 1. The van der Waals surface area contributed by atoms with E-state index in [1.165, 1.54) is 0 Å². The number of piperidine rings is 1. The lowest BCUT2D eigenvalue weighted by molar-refractivity contribution is -0.127. The lowest BCUT2D eigenvalue weighted by Crippen LogP contribution is -2.43. The Morgan fingerprint density at radius 2 is 1.92 bits per heavy atom. The standard InChI is InChI=1S/C18H23N3O2.ClH/c22-16(14-12-18(14)7-9-19-10-8-18)20-15-6-11-21(17(15)23)13-4-2-1-3-5-13;/h1-5,14-15,19H,6-12H2,(H,20,22);1H. The molecule has 3 aliphatic rings. The van der Waals surface area contributed by atoms with E-state index >= 15 is 0 Å². The van der Waals surface area contributed by atoms with E-state index in [-0.39, 0.29) is 41.6 Å². The van der Waals surface area contributed by atoms with Gasteiger partial charge in [-0.25, -0.2) is 0 Å². The van der Waals surface area contributed by atoms with Crippen LogP contribution >= 0.6 is 12.4 Å². The Hall–Kier alpha value is -1.59. The second-order valence-corrected chi connectivity index (χ2v) is 7.04. The van der Waals surface area contributed by atoms with Crippen molar-refractivity contribution in [2.24, 2.45) is 11.3 Å². The number of carbonyl (C=O) groups excluding carboxylic acids is 2. The topological polar surface area (TPSA) is 61.4 Å². The summed E-state index contributed by atoms with van der Waals surface area (Å²) in [6, 6.07) is 9.32. The predicted octanol–water partition coefficient (Wildman–Crippen LogP) is 1.72. The van der Waals surface area contributed by atoms with Crippen LogP contribution in [0.15, 0.2) is 30.3 Å². The highest BCUT2D eigenvalue weighted by Crippen LogP contribution is 2.58. The van der Waals surface area contributed by atoms with Gasteiger partial charge >= 0.3 is 0 Å². The summed E-state index contributed by atoms with van der Waals surface area (Å²) < 4.78 is 0. The number of carbonyl (C=O) groups is 2. The zero-order valence-electron chi connectivity index (χ0n) is 13.7. The number of rotatable bonds is 3. The lowest BCUT2D eigenvalue weighted by atomic mass is 9.91. The SMILES string of the molecule is Cl.O=C(NC1CCN(c2ccccc2)C1=O)C1CC12CCNCC2. The molecule has 0 radical (unpaired) electrons. The van der Waals surface area contributed by atoms with Gasteiger partial charge in [0.15, 0.2) is 0 Å². The second kappa shape index (κ2) is 6.73. The largest absolute Gasteiger partial charge is 0.344 e. The number of para-hydroxylation sites is 1. The van der Waals surface area contributed by atoms with Crippen LogP contribution < -0.4 is 15.5 Å². The van der Waals surface area contributed by atoms with E-state index in [4.69, 9.17) is 0 Å². The Morgan fingerprint density at radius 1 is 1.21 bits per heavy atom. The van der Waals surface area contributed by atoms with Crippen LogP contribution in [-0.4, -0.2) is 37.5 Å². The quantitative estimate of drug-likeness (QED) is 0.873. The van der Waals surface area contributed by atoms with Gasteiger partial charge in [0.1, 0.15) is 6.04 Å². The lowest BCUT2D eigenvalue weighted by Gasteiger charge is -2.23. The minimum atomic E-state index is -0.359. The Kier molecular flexibility index (Phi) is 4.83. The van der Waals surface area contributed by atoms with Crippen molar-refractivity contribution < 1.29 is 9.59 Å². The van der Waals surface area contributed by atoms with E-state index in [0.29, 0.717) is 13.0 Å². The van der Waals surface area contributed by atoms with Crippen LogP contribution in [0.3, 0.4) is 0 Å². The Labute approximate surface area is 148 Å². The number of hydrogen-bond donors (Lipinski definition) is 2. The first-order valence-electron chi connectivity index (χ1n) is 8.57. The zero-order chi connectivity index (χ0) is 15.9. The molecule has 2 saturated heterocycles. The predicted molar refractivity (Wildman–Crippen MR) is 95.2 cm³/mol. The monoisotopic (exact) mass is 349 g/mol. The van der Waals surface area contributed by atoms with Crippen molar-refractivity contribution in [3.63, 3.8) is 0 Å². The van der Waals surface area contributed by atoms with Gasteiger partial charge in [0.05, 0.1) is 0 Å². The average Bonchev–Trinajstić information content (AvgIpc) is 3.16. The second-order valence-electron chi connectivity index (χ2n) is 7.04. The van der Waals surface area contributed by atoms with E-state index in [1.54, 1.807) is 4.90 Å². The number of halogens is 1. The van der Waals surface area contributed by atoms with E-state index in [0.717, 1.165) is 38.0 Å². The summed E-state index contributed by atoms with van der Waals surface area (Å²) in [4.78, 5) is 26.9. The van der Waals surface area contributed by atoms with Gasteiger partial charge in [0, 0.05) is 18.2 Å². The van der Waals surface area contributed by atoms with Gasteiger partial charge in [0.25, 0.3) is 0 Å². The van der Waals surface area contributed by atoms with Crippen molar-refractivity contribution in [3.05, 3.63) is 30.3 Å². The van der Waals surface area contributed by atoms with Crippen LogP contribution in [0, 0.1) is 11.3 Å². The highest BCUT2D eigenvalue weighted by molar-refractivity contribution is 6.01. The molecule has 1 aromatic rings. The van der Waals surface area contributed by atoms with Crippen molar-refractivity contribution in [1.29, 1.82) is 0 Å². The first-order valence-corrected chi connectivity index (χ1v) is 8.57. The molecule has 5 nitrogen and oxygen atoms in total. The smallest absolute Gasteiger partial charge is 0.249 e. The summed E-state index contributed by atoms with van der Waals surface area (Å²) in [5, 5.41) is 6.36. The Bertz CT molecular complexity index is 616. The molecule has 4 rings (SSSR count). The van der Waals surface area contributed by atoms with E-state index in [9.17, 15) is 9.59 Å². The summed E-state index contributed by atoms with van der Waals surface area (Å²) in [6.07, 6.45) is 3.85. The molecule has 130 valence electrons. The maximum absolute atomic E-state index is 12.6. The fourth-order valence-corrected chi connectivity index (χ4v) is 4.15.